The number of aromatic nitrogens is 1. The second kappa shape index (κ2) is 9.12. The van der Waals surface area contributed by atoms with Gasteiger partial charge in [-0.2, -0.15) is 13.2 Å². The lowest BCUT2D eigenvalue weighted by molar-refractivity contribution is -0.153. The molecule has 8 heteroatoms. The Morgan fingerprint density at radius 2 is 1.97 bits per heavy atom. The molecule has 1 saturated carbocycles. The maximum absolute atomic E-state index is 13.2. The van der Waals surface area contributed by atoms with Crippen molar-refractivity contribution >= 4 is 5.91 Å². The summed E-state index contributed by atoms with van der Waals surface area (Å²) in [6, 6.07) is 2.96. The molecule has 1 aliphatic carbocycles. The van der Waals surface area contributed by atoms with Crippen molar-refractivity contribution in [2.24, 2.45) is 11.3 Å². The zero-order valence-electron chi connectivity index (χ0n) is 17.7. The summed E-state index contributed by atoms with van der Waals surface area (Å²) >= 11 is 0. The number of hydrogen-bond acceptors (Lipinski definition) is 4. The summed E-state index contributed by atoms with van der Waals surface area (Å²) in [7, 11) is 0. The molecule has 0 radical (unpaired) electrons. The van der Waals surface area contributed by atoms with Crippen LogP contribution in [0.25, 0.3) is 0 Å². The third-order valence-corrected chi connectivity index (χ3v) is 6.45. The van der Waals surface area contributed by atoms with Crippen molar-refractivity contribution in [1.82, 2.24) is 9.88 Å². The van der Waals surface area contributed by atoms with Gasteiger partial charge in [-0.15, -0.1) is 0 Å². The minimum absolute atomic E-state index is 0.0243. The van der Waals surface area contributed by atoms with Crippen molar-refractivity contribution in [2.75, 3.05) is 19.7 Å². The Labute approximate surface area is 175 Å². The fourth-order valence-corrected chi connectivity index (χ4v) is 4.69. The van der Waals surface area contributed by atoms with Crippen LogP contribution in [0, 0.1) is 11.3 Å². The third kappa shape index (κ3) is 4.90. The molecule has 168 valence electrons. The van der Waals surface area contributed by atoms with Crippen LogP contribution in [0.15, 0.2) is 12.1 Å². The number of aryl methyl sites for hydroxylation is 1. The maximum atomic E-state index is 13.2. The first-order valence-electron chi connectivity index (χ1n) is 10.8. The molecule has 1 atom stereocenters. The summed E-state index contributed by atoms with van der Waals surface area (Å²) in [5.41, 5.74) is -0.618. The van der Waals surface area contributed by atoms with E-state index < -0.39 is 11.9 Å². The second-order valence-electron chi connectivity index (χ2n) is 8.69. The summed E-state index contributed by atoms with van der Waals surface area (Å²) in [6.07, 6.45) is 0.379. The molecule has 1 aromatic rings. The SMILES string of the molecule is CCC[C@H](CO)C(=O)N1CC2(CCC(Oc3ccc(CC)c(C(F)(F)F)n3)CC2)C1. The molecule has 1 aromatic heterocycles. The quantitative estimate of drug-likeness (QED) is 0.706. The van der Waals surface area contributed by atoms with Gasteiger partial charge in [-0.1, -0.05) is 26.3 Å². The molecule has 5 nitrogen and oxygen atoms in total. The Morgan fingerprint density at radius 1 is 1.30 bits per heavy atom. The van der Waals surface area contributed by atoms with Gasteiger partial charge in [-0.05, 0) is 44.1 Å². The van der Waals surface area contributed by atoms with Crippen molar-refractivity contribution in [3.8, 4) is 5.88 Å². The first kappa shape index (κ1) is 22.8. The molecular weight excluding hydrogens is 397 g/mol. The van der Waals surface area contributed by atoms with Crippen LogP contribution in [0.2, 0.25) is 0 Å². The molecule has 1 amide bonds. The number of nitrogens with zero attached hydrogens (tertiary/aromatic N) is 2. The lowest BCUT2D eigenvalue weighted by Gasteiger charge is -2.54. The number of aliphatic hydroxyl groups is 1. The number of pyridine rings is 1. The van der Waals surface area contributed by atoms with E-state index in [4.69, 9.17) is 4.74 Å². The van der Waals surface area contributed by atoms with Crippen LogP contribution in [-0.2, 0) is 17.4 Å². The van der Waals surface area contributed by atoms with Crippen LogP contribution in [0.4, 0.5) is 13.2 Å². The molecule has 2 aliphatic rings. The van der Waals surface area contributed by atoms with Crippen LogP contribution in [0.3, 0.4) is 0 Å². The van der Waals surface area contributed by atoms with Crippen LogP contribution in [0.5, 0.6) is 5.88 Å². The third-order valence-electron chi connectivity index (χ3n) is 6.45. The van der Waals surface area contributed by atoms with E-state index in [2.05, 4.69) is 4.98 Å². The van der Waals surface area contributed by atoms with Gasteiger partial charge in [0.1, 0.15) is 6.10 Å². The van der Waals surface area contributed by atoms with E-state index in [0.29, 0.717) is 19.5 Å². The number of rotatable bonds is 7. The lowest BCUT2D eigenvalue weighted by atomic mass is 9.67. The lowest BCUT2D eigenvalue weighted by Crippen LogP contribution is -2.61. The number of halogens is 3. The summed E-state index contributed by atoms with van der Waals surface area (Å²) in [4.78, 5) is 18.1. The van der Waals surface area contributed by atoms with Gasteiger partial charge in [0, 0.05) is 24.6 Å². The number of likely N-dealkylation sites (tertiary alicyclic amines) is 1. The predicted molar refractivity (Wildman–Crippen MR) is 106 cm³/mol. The van der Waals surface area contributed by atoms with E-state index >= 15 is 0 Å². The predicted octanol–water partition coefficient (Wildman–Crippen LogP) is 4.22. The van der Waals surface area contributed by atoms with Gasteiger partial charge in [-0.25, -0.2) is 4.98 Å². The summed E-state index contributed by atoms with van der Waals surface area (Å²) in [5.74, 6) is -0.258. The monoisotopic (exact) mass is 428 g/mol. The molecule has 0 unspecified atom stereocenters. The van der Waals surface area contributed by atoms with Crippen molar-refractivity contribution < 1.29 is 27.8 Å². The first-order valence-corrected chi connectivity index (χ1v) is 10.8. The molecule has 30 heavy (non-hydrogen) atoms. The van der Waals surface area contributed by atoms with Crippen molar-refractivity contribution in [2.45, 2.75) is 71.1 Å². The Hall–Kier alpha value is -1.83. The molecule has 0 aromatic carbocycles. The number of amides is 1. The van der Waals surface area contributed by atoms with Crippen molar-refractivity contribution in [3.05, 3.63) is 23.4 Å². The van der Waals surface area contributed by atoms with Crippen molar-refractivity contribution in [3.63, 3.8) is 0 Å². The smallest absolute Gasteiger partial charge is 0.433 e. The highest BCUT2D eigenvalue weighted by Crippen LogP contribution is 2.45. The maximum Gasteiger partial charge on any atom is 0.433 e. The fourth-order valence-electron chi connectivity index (χ4n) is 4.69. The average molecular weight is 428 g/mol. The van der Waals surface area contributed by atoms with Gasteiger partial charge in [-0.3, -0.25) is 4.79 Å². The summed E-state index contributed by atoms with van der Waals surface area (Å²) in [6.45, 7) is 4.94. The molecule has 1 saturated heterocycles. The largest absolute Gasteiger partial charge is 0.474 e. The van der Waals surface area contributed by atoms with Gasteiger partial charge in [0.25, 0.3) is 0 Å². The van der Waals surface area contributed by atoms with E-state index in [1.807, 2.05) is 11.8 Å². The Kier molecular flexibility index (Phi) is 6.95. The Bertz CT molecular complexity index is 738. The minimum Gasteiger partial charge on any atom is -0.474 e. The number of carbonyl (C=O) groups excluding carboxylic acids is 1. The van der Waals surface area contributed by atoms with Gasteiger partial charge in [0.15, 0.2) is 5.69 Å². The van der Waals surface area contributed by atoms with Crippen LogP contribution in [0.1, 0.15) is 63.6 Å². The molecule has 0 bridgehead atoms. The number of ether oxygens (including phenoxy) is 1. The standard InChI is InChI=1S/C22H31F3N2O3/c1-3-5-16(12-28)20(29)27-13-21(14-27)10-8-17(9-11-21)30-18-7-6-15(4-2)19(26-18)22(23,24)25/h6-7,16-17,28H,3-5,8-14H2,1-2H3/t16-/m1/s1. The molecule has 2 heterocycles. The van der Waals surface area contributed by atoms with Crippen LogP contribution >= 0.6 is 0 Å². The van der Waals surface area contributed by atoms with E-state index in [1.165, 1.54) is 12.1 Å². The normalized spacial score (nSPS) is 20.1. The first-order chi connectivity index (χ1) is 14.2. The van der Waals surface area contributed by atoms with E-state index in [0.717, 1.165) is 32.1 Å². The fraction of sp³-hybridized carbons (Fsp3) is 0.727. The molecular formula is C22H31F3N2O3. The van der Waals surface area contributed by atoms with E-state index in [1.54, 1.807) is 6.92 Å². The zero-order chi connectivity index (χ0) is 21.9. The molecule has 1 aliphatic heterocycles. The molecule has 1 N–H and O–H groups in total. The molecule has 2 fully saturated rings. The van der Waals surface area contributed by atoms with Crippen molar-refractivity contribution in [1.29, 1.82) is 0 Å². The average Bonchev–Trinajstić information content (AvgIpc) is 2.70. The zero-order valence-corrected chi connectivity index (χ0v) is 17.7. The summed E-state index contributed by atoms with van der Waals surface area (Å²) in [5, 5.41) is 9.44. The number of aliphatic hydroxyl groups excluding tert-OH is 1. The van der Waals surface area contributed by atoms with Gasteiger partial charge < -0.3 is 14.7 Å². The highest BCUT2D eigenvalue weighted by Gasteiger charge is 2.48. The topological polar surface area (TPSA) is 62.7 Å². The van der Waals surface area contributed by atoms with Gasteiger partial charge in [0.05, 0.1) is 12.5 Å². The highest BCUT2D eigenvalue weighted by molar-refractivity contribution is 5.80. The summed E-state index contributed by atoms with van der Waals surface area (Å²) < 4.78 is 45.4. The second-order valence-corrected chi connectivity index (χ2v) is 8.69. The number of hydrogen-bond donors (Lipinski definition) is 1. The van der Waals surface area contributed by atoms with Crippen LogP contribution in [-0.4, -0.2) is 46.7 Å². The van der Waals surface area contributed by atoms with Gasteiger partial charge >= 0.3 is 6.18 Å². The Balaban J connectivity index is 1.53. The Morgan fingerprint density at radius 3 is 2.50 bits per heavy atom. The van der Waals surface area contributed by atoms with Gasteiger partial charge in [0.2, 0.25) is 11.8 Å². The van der Waals surface area contributed by atoms with E-state index in [9.17, 15) is 23.1 Å². The molecule has 1 spiro atoms. The highest BCUT2D eigenvalue weighted by atomic mass is 19.4. The van der Waals surface area contributed by atoms with Crippen LogP contribution < -0.4 is 4.74 Å². The number of alkyl halides is 3. The minimum atomic E-state index is -4.49. The van der Waals surface area contributed by atoms with E-state index in [-0.39, 0.29) is 47.8 Å². The number of carbonyl (C=O) groups is 1. The molecule has 3 rings (SSSR count).